The van der Waals surface area contributed by atoms with E-state index in [2.05, 4.69) is 5.32 Å². The second kappa shape index (κ2) is 7.69. The van der Waals surface area contributed by atoms with Gasteiger partial charge in [-0.15, -0.1) is 0 Å². The average Bonchev–Trinajstić information content (AvgIpc) is 3.09. The van der Waals surface area contributed by atoms with Gasteiger partial charge in [0.2, 0.25) is 11.8 Å². The summed E-state index contributed by atoms with van der Waals surface area (Å²) in [5.74, 6) is -2.38. The van der Waals surface area contributed by atoms with Crippen molar-refractivity contribution in [3.05, 3.63) is 42.5 Å². The largest absolute Gasteiger partial charge is 0.391 e. The molecule has 2 aliphatic rings. The van der Waals surface area contributed by atoms with Crippen molar-refractivity contribution in [1.29, 1.82) is 0 Å². The van der Waals surface area contributed by atoms with E-state index >= 15 is 0 Å². The molecular formula is C22H23F3N2O2. The molecule has 2 aromatic carbocycles. The molecule has 29 heavy (non-hydrogen) atoms. The highest BCUT2D eigenvalue weighted by molar-refractivity contribution is 6.07. The first-order valence-corrected chi connectivity index (χ1v) is 9.98. The maximum Gasteiger partial charge on any atom is 0.391 e. The van der Waals surface area contributed by atoms with Crippen LogP contribution in [0.15, 0.2) is 42.5 Å². The van der Waals surface area contributed by atoms with E-state index in [1.807, 2.05) is 42.5 Å². The molecule has 0 bridgehead atoms. The Hall–Kier alpha value is -2.57. The third-order valence-electron chi connectivity index (χ3n) is 6.04. The lowest BCUT2D eigenvalue weighted by Gasteiger charge is -2.31. The van der Waals surface area contributed by atoms with Crippen molar-refractivity contribution in [2.75, 3.05) is 11.4 Å². The average molecular weight is 404 g/mol. The highest BCUT2D eigenvalue weighted by atomic mass is 19.4. The number of benzene rings is 2. The van der Waals surface area contributed by atoms with Gasteiger partial charge in [0.15, 0.2) is 0 Å². The SMILES string of the molecule is O=C(NC1CCCC(C(F)(F)F)C1)C1CC(=O)N(c2cccc3ccccc23)C1. The summed E-state index contributed by atoms with van der Waals surface area (Å²) < 4.78 is 39.0. The number of rotatable bonds is 3. The zero-order chi connectivity index (χ0) is 20.6. The molecule has 1 heterocycles. The number of alkyl halides is 3. The number of hydrogen-bond acceptors (Lipinski definition) is 2. The Bertz CT molecular complexity index is 922. The van der Waals surface area contributed by atoms with Crippen LogP contribution in [-0.2, 0) is 9.59 Å². The summed E-state index contributed by atoms with van der Waals surface area (Å²) in [6.07, 6.45) is -3.12. The topological polar surface area (TPSA) is 49.4 Å². The summed E-state index contributed by atoms with van der Waals surface area (Å²) in [6.45, 7) is 0.244. The molecule has 0 aromatic heterocycles. The number of fused-ring (bicyclic) bond motifs is 1. The molecule has 1 aliphatic heterocycles. The van der Waals surface area contributed by atoms with Crippen LogP contribution in [-0.4, -0.2) is 30.6 Å². The Morgan fingerprint density at radius 3 is 2.62 bits per heavy atom. The molecule has 154 valence electrons. The first-order valence-electron chi connectivity index (χ1n) is 9.98. The predicted octanol–water partition coefficient (Wildman–Crippen LogP) is 4.43. The maximum absolute atomic E-state index is 13.0. The van der Waals surface area contributed by atoms with Crippen LogP contribution >= 0.6 is 0 Å². The third-order valence-corrected chi connectivity index (χ3v) is 6.04. The van der Waals surface area contributed by atoms with Gasteiger partial charge >= 0.3 is 6.18 Å². The third kappa shape index (κ3) is 4.09. The van der Waals surface area contributed by atoms with Gasteiger partial charge in [-0.25, -0.2) is 0 Å². The summed E-state index contributed by atoms with van der Waals surface area (Å²) in [5, 5.41) is 4.72. The Morgan fingerprint density at radius 2 is 1.83 bits per heavy atom. The fourth-order valence-corrected chi connectivity index (χ4v) is 4.50. The van der Waals surface area contributed by atoms with Crippen LogP contribution in [0.3, 0.4) is 0 Å². The molecule has 2 aromatic rings. The van der Waals surface area contributed by atoms with Crippen LogP contribution in [0.1, 0.15) is 32.1 Å². The van der Waals surface area contributed by atoms with Crippen molar-refractivity contribution in [1.82, 2.24) is 5.32 Å². The van der Waals surface area contributed by atoms with Gasteiger partial charge in [0.05, 0.1) is 17.5 Å². The molecule has 1 saturated carbocycles. The lowest BCUT2D eigenvalue weighted by molar-refractivity contribution is -0.184. The Morgan fingerprint density at radius 1 is 1.07 bits per heavy atom. The smallest absolute Gasteiger partial charge is 0.353 e. The number of carbonyl (C=O) groups excluding carboxylic acids is 2. The van der Waals surface area contributed by atoms with Crippen LogP contribution < -0.4 is 10.2 Å². The highest BCUT2D eigenvalue weighted by Crippen LogP contribution is 2.38. The second-order valence-corrected chi connectivity index (χ2v) is 8.01. The van der Waals surface area contributed by atoms with Crippen molar-refractivity contribution in [2.24, 2.45) is 11.8 Å². The first kappa shape index (κ1) is 19.7. The molecule has 1 saturated heterocycles. The summed E-state index contributed by atoms with van der Waals surface area (Å²) >= 11 is 0. The molecule has 0 spiro atoms. The number of anilines is 1. The minimum absolute atomic E-state index is 0.0739. The van der Waals surface area contributed by atoms with Crippen LogP contribution in [0, 0.1) is 11.8 Å². The number of nitrogens with zero attached hydrogens (tertiary/aromatic N) is 1. The van der Waals surface area contributed by atoms with E-state index in [0.717, 1.165) is 16.5 Å². The van der Waals surface area contributed by atoms with E-state index < -0.39 is 24.1 Å². The van der Waals surface area contributed by atoms with Gasteiger partial charge in [-0.3, -0.25) is 9.59 Å². The van der Waals surface area contributed by atoms with Gasteiger partial charge in [0.1, 0.15) is 0 Å². The van der Waals surface area contributed by atoms with Crippen molar-refractivity contribution in [2.45, 2.75) is 44.3 Å². The summed E-state index contributed by atoms with van der Waals surface area (Å²) in [6, 6.07) is 12.9. The number of halogens is 3. The van der Waals surface area contributed by atoms with Gasteiger partial charge < -0.3 is 10.2 Å². The van der Waals surface area contributed by atoms with Crippen molar-refractivity contribution in [3.8, 4) is 0 Å². The first-order chi connectivity index (χ1) is 13.8. The van der Waals surface area contributed by atoms with Gasteiger partial charge in [-0.2, -0.15) is 13.2 Å². The van der Waals surface area contributed by atoms with E-state index in [9.17, 15) is 22.8 Å². The van der Waals surface area contributed by atoms with Crippen molar-refractivity contribution < 1.29 is 22.8 Å². The number of nitrogens with one attached hydrogen (secondary N) is 1. The lowest BCUT2D eigenvalue weighted by atomic mass is 9.85. The molecule has 2 fully saturated rings. The van der Waals surface area contributed by atoms with Crippen LogP contribution in [0.5, 0.6) is 0 Å². The Balaban J connectivity index is 1.44. The zero-order valence-corrected chi connectivity index (χ0v) is 15.9. The van der Waals surface area contributed by atoms with E-state index in [-0.39, 0.29) is 37.6 Å². The number of amides is 2. The molecule has 3 atom stereocenters. The van der Waals surface area contributed by atoms with E-state index in [0.29, 0.717) is 12.8 Å². The molecular weight excluding hydrogens is 381 g/mol. The number of carbonyl (C=O) groups is 2. The van der Waals surface area contributed by atoms with Crippen LogP contribution in [0.25, 0.3) is 10.8 Å². The van der Waals surface area contributed by atoms with Gasteiger partial charge in [-0.1, -0.05) is 42.8 Å². The molecule has 1 N–H and O–H groups in total. The molecule has 7 heteroatoms. The van der Waals surface area contributed by atoms with E-state index in [1.165, 1.54) is 0 Å². The van der Waals surface area contributed by atoms with E-state index in [1.54, 1.807) is 4.90 Å². The van der Waals surface area contributed by atoms with Crippen molar-refractivity contribution >= 4 is 28.3 Å². The molecule has 3 unspecified atom stereocenters. The summed E-state index contributed by atoms with van der Waals surface area (Å²) in [5.41, 5.74) is 0.762. The lowest BCUT2D eigenvalue weighted by Crippen LogP contribution is -2.44. The van der Waals surface area contributed by atoms with Crippen LogP contribution in [0.2, 0.25) is 0 Å². The number of hydrogen-bond donors (Lipinski definition) is 1. The van der Waals surface area contributed by atoms with Gasteiger partial charge in [-0.05, 0) is 30.7 Å². The fourth-order valence-electron chi connectivity index (χ4n) is 4.50. The zero-order valence-electron chi connectivity index (χ0n) is 15.9. The standard InChI is InChI=1S/C22H23F3N2O2/c23-22(24,25)16-7-4-8-17(12-16)26-21(29)15-11-20(28)27(13-15)19-10-3-6-14-5-1-2-9-18(14)19/h1-3,5-6,9-10,15-17H,4,7-8,11-13H2,(H,26,29). The molecule has 4 nitrogen and oxygen atoms in total. The predicted molar refractivity (Wildman–Crippen MR) is 104 cm³/mol. The molecule has 0 radical (unpaired) electrons. The second-order valence-electron chi connectivity index (χ2n) is 8.01. The monoisotopic (exact) mass is 404 g/mol. The molecule has 1 aliphatic carbocycles. The van der Waals surface area contributed by atoms with Gasteiger partial charge in [0.25, 0.3) is 0 Å². The minimum atomic E-state index is -4.22. The normalized spacial score (nSPS) is 25.4. The quantitative estimate of drug-likeness (QED) is 0.823. The van der Waals surface area contributed by atoms with E-state index in [4.69, 9.17) is 0 Å². The fraction of sp³-hybridized carbons (Fsp3) is 0.455. The highest BCUT2D eigenvalue weighted by Gasteiger charge is 2.43. The Labute approximate surface area is 167 Å². The molecule has 2 amide bonds. The Kier molecular flexibility index (Phi) is 5.23. The van der Waals surface area contributed by atoms with Crippen LogP contribution in [0.4, 0.5) is 18.9 Å². The van der Waals surface area contributed by atoms with Crippen molar-refractivity contribution in [3.63, 3.8) is 0 Å². The summed E-state index contributed by atoms with van der Waals surface area (Å²) in [4.78, 5) is 26.9. The molecule has 4 rings (SSSR count). The van der Waals surface area contributed by atoms with Gasteiger partial charge in [0, 0.05) is 24.4 Å². The summed E-state index contributed by atoms with van der Waals surface area (Å²) in [7, 11) is 0. The minimum Gasteiger partial charge on any atom is -0.353 e. The maximum atomic E-state index is 13.0.